The summed E-state index contributed by atoms with van der Waals surface area (Å²) >= 11 is 0. The Morgan fingerprint density at radius 1 is 1.11 bits per heavy atom. The predicted molar refractivity (Wildman–Crippen MR) is 106 cm³/mol. The van der Waals surface area contributed by atoms with Gasteiger partial charge in [-0.3, -0.25) is 9.10 Å². The maximum Gasteiger partial charge on any atom is 0.270 e. The number of hydrogen-bond acceptors (Lipinski definition) is 4. The standard InChI is InChI=1S/C20H22N2O4S/c1-14(13-26-3)21-20(23)19-18(15-9-5-4-6-10-15)16-11-7-8-12-17(16)22(2)27(19,24)25/h4-12,14H,13H2,1-3H3,(H,21,23). The number of methoxy groups -OCH3 is 1. The molecule has 1 heterocycles. The molecule has 1 N–H and O–H groups in total. The molecule has 3 rings (SSSR count). The third kappa shape index (κ3) is 3.48. The monoisotopic (exact) mass is 386 g/mol. The van der Waals surface area contributed by atoms with Gasteiger partial charge in [-0.2, -0.15) is 0 Å². The highest BCUT2D eigenvalue weighted by atomic mass is 32.2. The molecule has 0 saturated carbocycles. The highest BCUT2D eigenvalue weighted by molar-refractivity contribution is 7.97. The van der Waals surface area contributed by atoms with Gasteiger partial charge in [0.15, 0.2) is 4.91 Å². The number of fused-ring (bicyclic) bond motifs is 1. The molecular weight excluding hydrogens is 364 g/mol. The number of para-hydroxylation sites is 1. The van der Waals surface area contributed by atoms with E-state index in [1.807, 2.05) is 30.3 Å². The van der Waals surface area contributed by atoms with E-state index in [0.717, 1.165) is 4.31 Å². The highest BCUT2D eigenvalue weighted by Crippen LogP contribution is 2.41. The van der Waals surface area contributed by atoms with E-state index < -0.39 is 15.9 Å². The van der Waals surface area contributed by atoms with Gasteiger partial charge in [0, 0.05) is 31.3 Å². The second kappa shape index (κ2) is 7.54. The van der Waals surface area contributed by atoms with Gasteiger partial charge in [0.25, 0.3) is 15.9 Å². The van der Waals surface area contributed by atoms with Crippen LogP contribution in [-0.4, -0.2) is 41.1 Å². The molecule has 1 unspecified atom stereocenters. The van der Waals surface area contributed by atoms with Crippen molar-refractivity contribution in [2.75, 3.05) is 25.1 Å². The zero-order valence-electron chi connectivity index (χ0n) is 15.5. The van der Waals surface area contributed by atoms with Gasteiger partial charge in [-0.1, -0.05) is 48.5 Å². The molecule has 1 aliphatic rings. The molecule has 0 spiro atoms. The average molecular weight is 386 g/mol. The third-order valence-electron chi connectivity index (χ3n) is 4.42. The van der Waals surface area contributed by atoms with Crippen molar-refractivity contribution >= 4 is 27.2 Å². The van der Waals surface area contributed by atoms with Crippen molar-refractivity contribution in [3.05, 3.63) is 70.6 Å². The molecule has 2 aromatic carbocycles. The van der Waals surface area contributed by atoms with Crippen LogP contribution in [0.5, 0.6) is 0 Å². The second-order valence-corrected chi connectivity index (χ2v) is 8.30. The number of hydrogen-bond donors (Lipinski definition) is 1. The molecule has 0 bridgehead atoms. The lowest BCUT2D eigenvalue weighted by Crippen LogP contribution is -2.43. The van der Waals surface area contributed by atoms with Crippen molar-refractivity contribution in [2.45, 2.75) is 13.0 Å². The van der Waals surface area contributed by atoms with Gasteiger partial charge < -0.3 is 10.1 Å². The Labute approximate surface area is 159 Å². The zero-order chi connectivity index (χ0) is 19.6. The molecule has 7 heteroatoms. The van der Waals surface area contributed by atoms with Crippen LogP contribution in [-0.2, 0) is 19.6 Å². The summed E-state index contributed by atoms with van der Waals surface area (Å²) in [6, 6.07) is 15.9. The number of anilines is 1. The lowest BCUT2D eigenvalue weighted by atomic mass is 9.95. The van der Waals surface area contributed by atoms with Crippen LogP contribution in [0.25, 0.3) is 5.57 Å². The fourth-order valence-electron chi connectivity index (χ4n) is 3.18. The molecule has 1 aliphatic heterocycles. The first-order valence-electron chi connectivity index (χ1n) is 8.55. The summed E-state index contributed by atoms with van der Waals surface area (Å²) in [7, 11) is -1.03. The molecule has 6 nitrogen and oxygen atoms in total. The van der Waals surface area contributed by atoms with E-state index in [4.69, 9.17) is 4.74 Å². The van der Waals surface area contributed by atoms with E-state index in [9.17, 15) is 13.2 Å². The Morgan fingerprint density at radius 2 is 1.74 bits per heavy atom. The number of sulfonamides is 1. The Hall–Kier alpha value is -2.64. The summed E-state index contributed by atoms with van der Waals surface area (Å²) in [6.07, 6.45) is 0. The van der Waals surface area contributed by atoms with Crippen LogP contribution in [0, 0.1) is 0 Å². The number of carbonyl (C=O) groups is 1. The molecule has 0 saturated heterocycles. The molecule has 0 aromatic heterocycles. The van der Waals surface area contributed by atoms with Crippen LogP contribution < -0.4 is 9.62 Å². The number of amides is 1. The molecule has 0 fully saturated rings. The maximum atomic E-state index is 13.2. The molecule has 2 aromatic rings. The van der Waals surface area contributed by atoms with Gasteiger partial charge >= 0.3 is 0 Å². The highest BCUT2D eigenvalue weighted by Gasteiger charge is 2.39. The van der Waals surface area contributed by atoms with Gasteiger partial charge in [0.1, 0.15) is 0 Å². The van der Waals surface area contributed by atoms with Crippen molar-refractivity contribution in [3.8, 4) is 0 Å². The van der Waals surface area contributed by atoms with E-state index in [-0.39, 0.29) is 17.6 Å². The normalized spacial score (nSPS) is 16.6. The smallest absolute Gasteiger partial charge is 0.270 e. The number of nitrogens with zero attached hydrogens (tertiary/aromatic N) is 1. The fraction of sp³-hybridized carbons (Fsp3) is 0.250. The minimum absolute atomic E-state index is 0.252. The zero-order valence-corrected chi connectivity index (χ0v) is 16.3. The summed E-state index contributed by atoms with van der Waals surface area (Å²) in [6.45, 7) is 2.05. The lowest BCUT2D eigenvalue weighted by Gasteiger charge is -2.31. The fourth-order valence-corrected chi connectivity index (χ4v) is 4.65. The third-order valence-corrected chi connectivity index (χ3v) is 6.24. The second-order valence-electron chi connectivity index (χ2n) is 6.39. The Bertz CT molecular complexity index is 984. The largest absolute Gasteiger partial charge is 0.383 e. The number of nitrogens with one attached hydrogen (secondary N) is 1. The minimum Gasteiger partial charge on any atom is -0.383 e. The Kier molecular flexibility index (Phi) is 5.34. The van der Waals surface area contributed by atoms with Gasteiger partial charge in [-0.25, -0.2) is 8.42 Å². The van der Waals surface area contributed by atoms with E-state index in [1.165, 1.54) is 14.2 Å². The topological polar surface area (TPSA) is 75.7 Å². The van der Waals surface area contributed by atoms with Crippen LogP contribution in [0.1, 0.15) is 18.1 Å². The van der Waals surface area contributed by atoms with Gasteiger partial charge in [0.05, 0.1) is 12.3 Å². The lowest BCUT2D eigenvalue weighted by molar-refractivity contribution is -0.117. The number of benzene rings is 2. The molecule has 1 atom stereocenters. The van der Waals surface area contributed by atoms with Crippen LogP contribution >= 0.6 is 0 Å². The van der Waals surface area contributed by atoms with Crippen LogP contribution in [0.15, 0.2) is 59.5 Å². The predicted octanol–water partition coefficient (Wildman–Crippen LogP) is 2.38. The summed E-state index contributed by atoms with van der Waals surface area (Å²) in [5, 5.41) is 2.73. The van der Waals surface area contributed by atoms with E-state index >= 15 is 0 Å². The van der Waals surface area contributed by atoms with Crippen molar-refractivity contribution in [1.29, 1.82) is 0 Å². The molecular formula is C20H22N2O4S. The molecule has 142 valence electrons. The van der Waals surface area contributed by atoms with E-state index in [1.54, 1.807) is 31.2 Å². The van der Waals surface area contributed by atoms with Crippen molar-refractivity contribution in [2.24, 2.45) is 0 Å². The number of carbonyl (C=O) groups excluding carboxylic acids is 1. The van der Waals surface area contributed by atoms with Crippen molar-refractivity contribution in [1.82, 2.24) is 5.32 Å². The molecule has 0 aliphatic carbocycles. The summed E-state index contributed by atoms with van der Waals surface area (Å²) in [5.74, 6) is -0.639. The molecule has 1 amide bonds. The quantitative estimate of drug-likeness (QED) is 0.856. The number of ether oxygens (including phenoxy) is 1. The maximum absolute atomic E-state index is 13.2. The summed E-state index contributed by atoms with van der Waals surface area (Å²) in [5.41, 5.74) is 2.32. The van der Waals surface area contributed by atoms with Gasteiger partial charge in [0.2, 0.25) is 0 Å². The summed E-state index contributed by atoms with van der Waals surface area (Å²) < 4.78 is 32.6. The SMILES string of the molecule is COCC(C)NC(=O)C1=C(c2ccccc2)c2ccccc2N(C)S1(=O)=O. The van der Waals surface area contributed by atoms with E-state index in [2.05, 4.69) is 5.32 Å². The first-order valence-corrected chi connectivity index (χ1v) is 9.99. The first-order chi connectivity index (χ1) is 12.9. The van der Waals surface area contributed by atoms with Crippen molar-refractivity contribution < 1.29 is 17.9 Å². The van der Waals surface area contributed by atoms with Gasteiger partial charge in [-0.05, 0) is 18.6 Å². The minimum atomic E-state index is -4.01. The van der Waals surface area contributed by atoms with E-state index in [0.29, 0.717) is 22.4 Å². The van der Waals surface area contributed by atoms with Crippen LogP contribution in [0.2, 0.25) is 0 Å². The Balaban J connectivity index is 2.27. The van der Waals surface area contributed by atoms with Gasteiger partial charge in [-0.15, -0.1) is 0 Å². The number of rotatable bonds is 5. The Morgan fingerprint density at radius 3 is 2.41 bits per heavy atom. The average Bonchev–Trinajstić information content (AvgIpc) is 2.65. The summed E-state index contributed by atoms with van der Waals surface area (Å²) in [4.78, 5) is 12.8. The van der Waals surface area contributed by atoms with Crippen LogP contribution in [0.4, 0.5) is 5.69 Å². The molecule has 0 radical (unpaired) electrons. The van der Waals surface area contributed by atoms with Crippen molar-refractivity contribution in [3.63, 3.8) is 0 Å². The first kappa shape index (κ1) is 19.1. The molecule has 27 heavy (non-hydrogen) atoms. The van der Waals surface area contributed by atoms with Crippen LogP contribution in [0.3, 0.4) is 0 Å².